The van der Waals surface area contributed by atoms with E-state index in [2.05, 4.69) is 28.2 Å². The SMILES string of the molecule is CCCCCCOc1ccc(C(=O)Nc2sc(C)c(CC)c2C(N)=O)cc1Br. The second kappa shape index (κ2) is 10.6. The number of hydrogen-bond acceptors (Lipinski definition) is 4. The Labute approximate surface area is 178 Å². The minimum absolute atomic E-state index is 0.290. The summed E-state index contributed by atoms with van der Waals surface area (Å²) in [4.78, 5) is 25.5. The quantitative estimate of drug-likeness (QED) is 0.441. The lowest BCUT2D eigenvalue weighted by Gasteiger charge is -2.10. The van der Waals surface area contributed by atoms with Crippen LogP contribution in [0.2, 0.25) is 0 Å². The van der Waals surface area contributed by atoms with Crippen molar-refractivity contribution in [2.75, 3.05) is 11.9 Å². The zero-order valence-electron chi connectivity index (χ0n) is 16.6. The average molecular weight is 467 g/mol. The Balaban J connectivity index is 2.09. The zero-order chi connectivity index (χ0) is 20.7. The molecule has 1 aromatic heterocycles. The number of rotatable bonds is 10. The third-order valence-corrected chi connectivity index (χ3v) is 6.17. The van der Waals surface area contributed by atoms with E-state index < -0.39 is 5.91 Å². The van der Waals surface area contributed by atoms with Gasteiger partial charge in [0.2, 0.25) is 0 Å². The number of primary amides is 1. The predicted molar refractivity (Wildman–Crippen MR) is 119 cm³/mol. The standard InChI is InChI=1S/C21H27BrN2O3S/c1-4-6-7-8-11-27-17-10-9-14(12-16(17)22)20(26)24-21-18(19(23)25)15(5-2)13(3)28-21/h9-10,12H,4-8,11H2,1-3H3,(H2,23,25)(H,24,26). The first-order valence-electron chi connectivity index (χ1n) is 9.54. The third-order valence-electron chi connectivity index (χ3n) is 4.49. The number of ether oxygens (including phenoxy) is 1. The van der Waals surface area contributed by atoms with Gasteiger partial charge in [0.05, 0.1) is 16.6 Å². The maximum Gasteiger partial charge on any atom is 0.256 e. The smallest absolute Gasteiger partial charge is 0.256 e. The summed E-state index contributed by atoms with van der Waals surface area (Å²) in [5.74, 6) is -0.0998. The average Bonchev–Trinajstić information content (AvgIpc) is 2.97. The highest BCUT2D eigenvalue weighted by atomic mass is 79.9. The summed E-state index contributed by atoms with van der Waals surface area (Å²) in [5, 5.41) is 3.33. The van der Waals surface area contributed by atoms with E-state index >= 15 is 0 Å². The van der Waals surface area contributed by atoms with Crippen molar-refractivity contribution in [3.8, 4) is 5.75 Å². The van der Waals surface area contributed by atoms with Crippen LogP contribution >= 0.6 is 27.3 Å². The number of carbonyl (C=O) groups excluding carboxylic acids is 2. The fraction of sp³-hybridized carbons (Fsp3) is 0.429. The van der Waals surface area contributed by atoms with Crippen LogP contribution in [0.1, 0.15) is 70.7 Å². The Morgan fingerprint density at radius 2 is 1.96 bits per heavy atom. The molecule has 0 aliphatic carbocycles. The topological polar surface area (TPSA) is 81.4 Å². The molecule has 0 fully saturated rings. The Kier molecular flexibility index (Phi) is 8.51. The fourth-order valence-electron chi connectivity index (χ4n) is 3.00. The minimum atomic E-state index is -0.524. The van der Waals surface area contributed by atoms with E-state index in [1.807, 2.05) is 13.8 Å². The molecule has 3 N–H and O–H groups in total. The highest BCUT2D eigenvalue weighted by molar-refractivity contribution is 9.10. The van der Waals surface area contributed by atoms with Gasteiger partial charge in [0.15, 0.2) is 0 Å². The van der Waals surface area contributed by atoms with Crippen LogP contribution in [0.5, 0.6) is 5.75 Å². The van der Waals surface area contributed by atoms with Gasteiger partial charge in [-0.3, -0.25) is 9.59 Å². The number of aryl methyl sites for hydroxylation is 1. The monoisotopic (exact) mass is 466 g/mol. The van der Waals surface area contributed by atoms with Crippen molar-refractivity contribution in [2.45, 2.75) is 52.9 Å². The van der Waals surface area contributed by atoms with Crippen molar-refractivity contribution in [3.05, 3.63) is 44.2 Å². The van der Waals surface area contributed by atoms with Crippen LogP contribution in [0.4, 0.5) is 5.00 Å². The van der Waals surface area contributed by atoms with Gasteiger partial charge in [-0.15, -0.1) is 11.3 Å². The summed E-state index contributed by atoms with van der Waals surface area (Å²) in [7, 11) is 0. The molecular weight excluding hydrogens is 440 g/mol. The summed E-state index contributed by atoms with van der Waals surface area (Å²) in [6, 6.07) is 5.22. The number of thiophene rings is 1. The summed E-state index contributed by atoms with van der Waals surface area (Å²) >= 11 is 4.84. The van der Waals surface area contributed by atoms with Crippen LogP contribution in [0.15, 0.2) is 22.7 Å². The molecule has 2 aromatic rings. The summed E-state index contributed by atoms with van der Waals surface area (Å²) in [6.07, 6.45) is 5.24. The second-order valence-corrected chi connectivity index (χ2v) is 8.65. The van der Waals surface area contributed by atoms with Crippen LogP contribution in [0.25, 0.3) is 0 Å². The molecule has 1 heterocycles. The van der Waals surface area contributed by atoms with E-state index in [0.717, 1.165) is 27.8 Å². The number of nitrogens with two attached hydrogens (primary N) is 1. The Bertz CT molecular complexity index is 848. The van der Waals surface area contributed by atoms with Crippen LogP contribution in [-0.4, -0.2) is 18.4 Å². The van der Waals surface area contributed by atoms with Crippen LogP contribution in [0, 0.1) is 6.92 Å². The lowest BCUT2D eigenvalue weighted by atomic mass is 10.1. The molecule has 1 aromatic carbocycles. The molecule has 0 unspecified atom stereocenters. The first-order chi connectivity index (χ1) is 13.4. The van der Waals surface area contributed by atoms with Crippen LogP contribution in [-0.2, 0) is 6.42 Å². The number of carbonyl (C=O) groups is 2. The Morgan fingerprint density at radius 1 is 1.21 bits per heavy atom. The number of nitrogens with one attached hydrogen (secondary N) is 1. The molecule has 7 heteroatoms. The molecule has 152 valence electrons. The van der Waals surface area contributed by atoms with E-state index in [4.69, 9.17) is 10.5 Å². The molecule has 0 atom stereocenters. The van der Waals surface area contributed by atoms with Crippen molar-refractivity contribution < 1.29 is 14.3 Å². The number of benzene rings is 1. The molecule has 0 aliphatic rings. The molecule has 5 nitrogen and oxygen atoms in total. The molecule has 0 saturated carbocycles. The van der Waals surface area contributed by atoms with Crippen molar-refractivity contribution >= 4 is 44.1 Å². The third kappa shape index (κ3) is 5.58. The van der Waals surface area contributed by atoms with Gasteiger partial charge in [0.1, 0.15) is 10.8 Å². The fourth-order valence-corrected chi connectivity index (χ4v) is 4.64. The molecule has 2 amide bonds. The Morgan fingerprint density at radius 3 is 2.57 bits per heavy atom. The predicted octanol–water partition coefficient (Wildman–Crippen LogP) is 5.69. The maximum absolute atomic E-state index is 12.7. The van der Waals surface area contributed by atoms with Gasteiger partial charge >= 0.3 is 0 Å². The van der Waals surface area contributed by atoms with Crippen molar-refractivity contribution in [1.29, 1.82) is 0 Å². The number of amides is 2. The Hall–Kier alpha value is -1.86. The van der Waals surface area contributed by atoms with Gasteiger partial charge in [-0.1, -0.05) is 33.1 Å². The summed E-state index contributed by atoms with van der Waals surface area (Å²) in [6.45, 7) is 6.72. The lowest BCUT2D eigenvalue weighted by Crippen LogP contribution is -2.18. The van der Waals surface area contributed by atoms with Gasteiger partial charge < -0.3 is 15.8 Å². The van der Waals surface area contributed by atoms with Crippen LogP contribution in [0.3, 0.4) is 0 Å². The van der Waals surface area contributed by atoms with Gasteiger partial charge in [-0.2, -0.15) is 0 Å². The van der Waals surface area contributed by atoms with E-state index in [-0.39, 0.29) is 5.91 Å². The first-order valence-corrected chi connectivity index (χ1v) is 11.2. The van der Waals surface area contributed by atoms with Crippen LogP contribution < -0.4 is 15.8 Å². The molecule has 0 radical (unpaired) electrons. The van der Waals surface area contributed by atoms with Crippen molar-refractivity contribution in [2.24, 2.45) is 5.73 Å². The molecular formula is C21H27BrN2O3S. The van der Waals surface area contributed by atoms with E-state index in [1.54, 1.807) is 18.2 Å². The second-order valence-electron chi connectivity index (χ2n) is 6.57. The van der Waals surface area contributed by atoms with Crippen molar-refractivity contribution in [3.63, 3.8) is 0 Å². The highest BCUT2D eigenvalue weighted by Crippen LogP contribution is 2.34. The summed E-state index contributed by atoms with van der Waals surface area (Å²) in [5.41, 5.74) is 7.31. The maximum atomic E-state index is 12.7. The number of hydrogen-bond donors (Lipinski definition) is 2. The first kappa shape index (κ1) is 22.4. The largest absolute Gasteiger partial charge is 0.492 e. The molecule has 28 heavy (non-hydrogen) atoms. The van der Waals surface area contributed by atoms with Gasteiger partial charge in [-0.05, 0) is 59.5 Å². The van der Waals surface area contributed by atoms with Gasteiger partial charge in [0.25, 0.3) is 11.8 Å². The molecule has 0 saturated heterocycles. The minimum Gasteiger partial charge on any atom is -0.492 e. The number of halogens is 1. The molecule has 2 rings (SSSR count). The number of anilines is 1. The molecule has 0 spiro atoms. The highest BCUT2D eigenvalue weighted by Gasteiger charge is 2.21. The van der Waals surface area contributed by atoms with E-state index in [0.29, 0.717) is 34.9 Å². The zero-order valence-corrected chi connectivity index (χ0v) is 19.0. The van der Waals surface area contributed by atoms with E-state index in [9.17, 15) is 9.59 Å². The number of unbranched alkanes of at least 4 members (excludes halogenated alkanes) is 3. The lowest BCUT2D eigenvalue weighted by molar-refractivity contribution is 0.100. The summed E-state index contributed by atoms with van der Waals surface area (Å²) < 4.78 is 6.51. The molecule has 0 aliphatic heterocycles. The molecule has 0 bridgehead atoms. The van der Waals surface area contributed by atoms with E-state index in [1.165, 1.54) is 24.2 Å². The van der Waals surface area contributed by atoms with Gasteiger partial charge in [-0.25, -0.2) is 0 Å². The van der Waals surface area contributed by atoms with Crippen molar-refractivity contribution in [1.82, 2.24) is 0 Å². The van der Waals surface area contributed by atoms with Gasteiger partial charge in [0, 0.05) is 10.4 Å². The normalized spacial score (nSPS) is 10.7.